The van der Waals surface area contributed by atoms with Crippen molar-refractivity contribution in [2.75, 3.05) is 13.6 Å². The summed E-state index contributed by atoms with van der Waals surface area (Å²) in [4.78, 5) is 26.4. The third-order valence-electron chi connectivity index (χ3n) is 1.99. The lowest BCUT2D eigenvalue weighted by Gasteiger charge is -2.16. The molecule has 1 aromatic rings. The highest BCUT2D eigenvalue weighted by Crippen LogP contribution is 2.21. The van der Waals surface area contributed by atoms with E-state index in [1.54, 1.807) is 0 Å². The number of hydrogen-bond acceptors (Lipinski definition) is 3. The van der Waals surface area contributed by atoms with Crippen molar-refractivity contribution in [3.63, 3.8) is 0 Å². The molecule has 1 heterocycles. The monoisotopic (exact) mass is 244 g/mol. The van der Waals surface area contributed by atoms with Crippen molar-refractivity contribution in [1.82, 2.24) is 9.88 Å². The molecule has 1 N–H and O–H groups in total. The second kappa shape index (κ2) is 5.33. The van der Waals surface area contributed by atoms with Crippen LogP contribution in [0.3, 0.4) is 0 Å². The fraction of sp³-hybridized carbons (Fsp3) is 0.300. The molecule has 0 aromatic carbocycles. The van der Waals surface area contributed by atoms with Crippen molar-refractivity contribution in [2.24, 2.45) is 0 Å². The van der Waals surface area contributed by atoms with E-state index in [9.17, 15) is 18.4 Å². The predicted octanol–water partition coefficient (Wildman–Crippen LogP) is 1.18. The Morgan fingerprint density at radius 1 is 1.53 bits per heavy atom. The third kappa shape index (κ3) is 3.20. The van der Waals surface area contributed by atoms with Crippen LogP contribution in [0.2, 0.25) is 0 Å². The molecule has 0 atom stereocenters. The molecular formula is C10H10F2N2O3. The lowest BCUT2D eigenvalue weighted by Crippen LogP contribution is -2.32. The fourth-order valence-electron chi connectivity index (χ4n) is 1.25. The zero-order chi connectivity index (χ0) is 13.0. The molecule has 5 nitrogen and oxygen atoms in total. The van der Waals surface area contributed by atoms with Crippen LogP contribution < -0.4 is 0 Å². The van der Waals surface area contributed by atoms with Crippen molar-refractivity contribution in [1.29, 1.82) is 0 Å². The van der Waals surface area contributed by atoms with Gasteiger partial charge >= 0.3 is 5.97 Å². The highest BCUT2D eigenvalue weighted by molar-refractivity contribution is 5.96. The number of carboxylic acid groups (broad SMARTS) is 1. The Balaban J connectivity index is 2.99. The van der Waals surface area contributed by atoms with Crippen LogP contribution >= 0.6 is 0 Å². The molecule has 0 unspecified atom stereocenters. The van der Waals surface area contributed by atoms with Gasteiger partial charge in [0.05, 0.1) is 5.56 Å². The number of carboxylic acids is 1. The molecule has 1 amide bonds. The molecule has 0 spiro atoms. The second-order valence-corrected chi connectivity index (χ2v) is 3.29. The summed E-state index contributed by atoms with van der Waals surface area (Å²) in [5.74, 6) is -2.01. The van der Waals surface area contributed by atoms with Gasteiger partial charge in [-0.1, -0.05) is 0 Å². The summed E-state index contributed by atoms with van der Waals surface area (Å²) in [5, 5.41) is 8.50. The molecule has 0 aliphatic rings. The zero-order valence-electron chi connectivity index (χ0n) is 8.93. The number of halogens is 2. The fourth-order valence-corrected chi connectivity index (χ4v) is 1.25. The van der Waals surface area contributed by atoms with Gasteiger partial charge in [0.25, 0.3) is 12.3 Å². The smallest absolute Gasteiger partial charge is 0.323 e. The van der Waals surface area contributed by atoms with E-state index in [0.717, 1.165) is 11.1 Å². The molecule has 0 aliphatic carbocycles. The summed E-state index contributed by atoms with van der Waals surface area (Å²) < 4.78 is 25.1. The number of carbonyl (C=O) groups excluding carboxylic acids is 1. The number of hydrogen-bond donors (Lipinski definition) is 1. The van der Waals surface area contributed by atoms with Crippen LogP contribution in [0.15, 0.2) is 18.3 Å². The van der Waals surface area contributed by atoms with Gasteiger partial charge < -0.3 is 10.0 Å². The number of alkyl halides is 2. The molecule has 0 aliphatic heterocycles. The Morgan fingerprint density at radius 2 is 2.18 bits per heavy atom. The van der Waals surface area contributed by atoms with Gasteiger partial charge in [-0.2, -0.15) is 0 Å². The van der Waals surface area contributed by atoms with Crippen LogP contribution in [0.25, 0.3) is 0 Å². The van der Waals surface area contributed by atoms with Crippen molar-refractivity contribution >= 4 is 11.9 Å². The van der Waals surface area contributed by atoms with Gasteiger partial charge in [-0.05, 0) is 12.1 Å². The lowest BCUT2D eigenvalue weighted by molar-refractivity contribution is -0.137. The number of aromatic nitrogens is 1. The largest absolute Gasteiger partial charge is 0.480 e. The first-order valence-electron chi connectivity index (χ1n) is 4.63. The topological polar surface area (TPSA) is 70.5 Å². The van der Waals surface area contributed by atoms with E-state index < -0.39 is 30.5 Å². The summed E-state index contributed by atoms with van der Waals surface area (Å²) in [6.45, 7) is -0.559. The maximum absolute atomic E-state index is 12.6. The second-order valence-electron chi connectivity index (χ2n) is 3.29. The average Bonchev–Trinajstić information content (AvgIpc) is 2.27. The lowest BCUT2D eigenvalue weighted by atomic mass is 10.1. The first-order chi connectivity index (χ1) is 7.93. The summed E-state index contributed by atoms with van der Waals surface area (Å²) in [7, 11) is 1.22. The number of nitrogens with zero attached hydrogens (tertiary/aromatic N) is 2. The molecular weight excluding hydrogens is 234 g/mol. The van der Waals surface area contributed by atoms with Crippen molar-refractivity contribution in [3.8, 4) is 0 Å². The molecule has 1 rings (SSSR count). The molecule has 7 heteroatoms. The highest BCUT2D eigenvalue weighted by Gasteiger charge is 2.22. The minimum Gasteiger partial charge on any atom is -0.480 e. The number of pyridine rings is 1. The van der Waals surface area contributed by atoms with E-state index in [4.69, 9.17) is 5.11 Å². The minimum atomic E-state index is -2.88. The van der Waals surface area contributed by atoms with E-state index in [2.05, 4.69) is 4.98 Å². The Hall–Kier alpha value is -2.05. The Bertz CT molecular complexity index is 437. The Kier molecular flexibility index (Phi) is 4.08. The molecule has 1 aromatic heterocycles. The van der Waals surface area contributed by atoms with Crippen molar-refractivity contribution < 1.29 is 23.5 Å². The molecule has 0 fully saturated rings. The number of amides is 1. The van der Waals surface area contributed by atoms with Crippen molar-refractivity contribution in [2.45, 2.75) is 6.43 Å². The number of likely N-dealkylation sites (N-methyl/N-ethyl adjacent to an activating group) is 1. The number of carbonyl (C=O) groups is 2. The van der Waals surface area contributed by atoms with E-state index >= 15 is 0 Å². The first-order valence-corrected chi connectivity index (χ1v) is 4.63. The van der Waals surface area contributed by atoms with Crippen LogP contribution in [0.4, 0.5) is 8.78 Å². The number of rotatable bonds is 4. The summed E-state index contributed by atoms with van der Waals surface area (Å²) in [5.41, 5.74) is -0.930. The molecule has 17 heavy (non-hydrogen) atoms. The van der Waals surface area contributed by atoms with Gasteiger partial charge in [-0.25, -0.2) is 8.78 Å². The Morgan fingerprint density at radius 3 is 2.71 bits per heavy atom. The van der Waals surface area contributed by atoms with Gasteiger partial charge in [-0.3, -0.25) is 14.6 Å². The molecule has 0 bridgehead atoms. The maximum atomic E-state index is 12.6. The predicted molar refractivity (Wildman–Crippen MR) is 53.8 cm³/mol. The van der Waals surface area contributed by atoms with Gasteiger partial charge in [-0.15, -0.1) is 0 Å². The van der Waals surface area contributed by atoms with Crippen LogP contribution in [0.5, 0.6) is 0 Å². The van der Waals surface area contributed by atoms with Crippen LogP contribution in [0, 0.1) is 0 Å². The van der Waals surface area contributed by atoms with Gasteiger partial charge in [0.2, 0.25) is 0 Å². The first kappa shape index (κ1) is 13.0. The van der Waals surface area contributed by atoms with Crippen molar-refractivity contribution in [3.05, 3.63) is 29.6 Å². The molecule has 0 saturated heterocycles. The molecule has 0 saturated carbocycles. The van der Waals surface area contributed by atoms with E-state index in [0.29, 0.717) is 0 Å². The minimum absolute atomic E-state index is 0.286. The maximum Gasteiger partial charge on any atom is 0.323 e. The molecule has 0 radical (unpaired) electrons. The van der Waals surface area contributed by atoms with Crippen LogP contribution in [-0.4, -0.2) is 40.5 Å². The summed E-state index contributed by atoms with van der Waals surface area (Å²) >= 11 is 0. The van der Waals surface area contributed by atoms with Gasteiger partial charge in [0, 0.05) is 13.2 Å². The number of aliphatic carboxylic acids is 1. The van der Waals surface area contributed by atoms with Crippen LogP contribution in [0.1, 0.15) is 22.5 Å². The van der Waals surface area contributed by atoms with Crippen LogP contribution in [-0.2, 0) is 4.79 Å². The summed E-state index contributed by atoms with van der Waals surface area (Å²) in [6, 6.07) is 2.53. The van der Waals surface area contributed by atoms with E-state index in [1.807, 2.05) is 0 Å². The van der Waals surface area contributed by atoms with E-state index in [1.165, 1.54) is 19.2 Å². The normalized spacial score (nSPS) is 10.4. The van der Waals surface area contributed by atoms with E-state index in [-0.39, 0.29) is 5.56 Å². The quantitative estimate of drug-likeness (QED) is 0.863. The summed E-state index contributed by atoms with van der Waals surface area (Å²) in [6.07, 6.45) is -1.73. The third-order valence-corrected chi connectivity index (χ3v) is 1.99. The molecule has 92 valence electrons. The highest BCUT2D eigenvalue weighted by atomic mass is 19.3. The standard InChI is InChI=1S/C10H10F2N2O3/c1-14(5-7(15)16)10(17)6-3-2-4-13-8(6)9(11)12/h2-4,9H,5H2,1H3,(H,15,16). The van der Waals surface area contributed by atoms with Gasteiger partial charge in [0.15, 0.2) is 0 Å². The zero-order valence-corrected chi connectivity index (χ0v) is 8.93. The van der Waals surface area contributed by atoms with Gasteiger partial charge in [0.1, 0.15) is 12.2 Å². The Labute approximate surface area is 95.7 Å². The average molecular weight is 244 g/mol. The SMILES string of the molecule is CN(CC(=O)O)C(=O)c1cccnc1C(F)F.